The highest BCUT2D eigenvalue weighted by atomic mass is 19.1. The quantitative estimate of drug-likeness (QED) is 0.825. The van der Waals surface area contributed by atoms with E-state index in [-0.39, 0.29) is 17.2 Å². The molecule has 2 aromatic rings. The van der Waals surface area contributed by atoms with Gasteiger partial charge in [0, 0.05) is 18.3 Å². The molecule has 0 aliphatic carbocycles. The van der Waals surface area contributed by atoms with Crippen LogP contribution in [0.25, 0.3) is 0 Å². The van der Waals surface area contributed by atoms with E-state index in [0.29, 0.717) is 5.69 Å². The lowest BCUT2D eigenvalue weighted by atomic mass is 10.2. The zero-order chi connectivity index (χ0) is 17.5. The van der Waals surface area contributed by atoms with Gasteiger partial charge in [-0.15, -0.1) is 0 Å². The van der Waals surface area contributed by atoms with Crippen molar-refractivity contribution in [2.45, 2.75) is 6.92 Å². The number of rotatable bonds is 5. The van der Waals surface area contributed by atoms with Gasteiger partial charge in [0.2, 0.25) is 5.91 Å². The molecule has 24 heavy (non-hydrogen) atoms. The number of carbonyl (C=O) groups is 3. The molecule has 0 aliphatic heterocycles. The Morgan fingerprint density at radius 1 is 1.00 bits per heavy atom. The second kappa shape index (κ2) is 7.87. The van der Waals surface area contributed by atoms with E-state index in [4.69, 9.17) is 4.74 Å². The van der Waals surface area contributed by atoms with Crippen molar-refractivity contribution < 1.29 is 23.5 Å². The summed E-state index contributed by atoms with van der Waals surface area (Å²) in [5.41, 5.74) is 0.907. The molecule has 0 aliphatic rings. The molecule has 124 valence electrons. The number of amides is 2. The molecule has 0 saturated heterocycles. The van der Waals surface area contributed by atoms with Gasteiger partial charge in [0.25, 0.3) is 5.91 Å². The molecule has 0 aromatic heterocycles. The summed E-state index contributed by atoms with van der Waals surface area (Å²) in [6.07, 6.45) is 0. The topological polar surface area (TPSA) is 84.5 Å². The average Bonchev–Trinajstić information content (AvgIpc) is 2.52. The van der Waals surface area contributed by atoms with E-state index in [1.807, 2.05) is 0 Å². The predicted octanol–water partition coefficient (Wildman–Crippen LogP) is 2.58. The zero-order valence-electron chi connectivity index (χ0n) is 12.8. The van der Waals surface area contributed by atoms with Crippen LogP contribution in [-0.2, 0) is 14.3 Å². The van der Waals surface area contributed by atoms with Gasteiger partial charge >= 0.3 is 5.97 Å². The third-order valence-electron chi connectivity index (χ3n) is 2.86. The Hall–Kier alpha value is -3.22. The first-order valence-corrected chi connectivity index (χ1v) is 7.04. The van der Waals surface area contributed by atoms with Crippen molar-refractivity contribution in [2.24, 2.45) is 0 Å². The van der Waals surface area contributed by atoms with E-state index >= 15 is 0 Å². The smallest absolute Gasteiger partial charge is 0.338 e. The number of benzene rings is 2. The second-order valence-corrected chi connectivity index (χ2v) is 4.90. The number of hydrogen-bond acceptors (Lipinski definition) is 4. The first-order valence-electron chi connectivity index (χ1n) is 7.04. The fourth-order valence-corrected chi connectivity index (χ4v) is 1.90. The fourth-order valence-electron chi connectivity index (χ4n) is 1.90. The van der Waals surface area contributed by atoms with E-state index in [2.05, 4.69) is 10.6 Å². The molecule has 2 N–H and O–H groups in total. The third kappa shape index (κ3) is 5.20. The number of esters is 1. The van der Waals surface area contributed by atoms with Gasteiger partial charge in [0.15, 0.2) is 6.61 Å². The van der Waals surface area contributed by atoms with Gasteiger partial charge in [-0.25, -0.2) is 9.18 Å². The summed E-state index contributed by atoms with van der Waals surface area (Å²) in [5, 5.41) is 4.96. The van der Waals surface area contributed by atoms with Crippen LogP contribution < -0.4 is 10.6 Å². The maximum Gasteiger partial charge on any atom is 0.338 e. The Bertz CT molecular complexity index is 777. The first kappa shape index (κ1) is 17.1. The van der Waals surface area contributed by atoms with Crippen LogP contribution >= 0.6 is 0 Å². The second-order valence-electron chi connectivity index (χ2n) is 4.90. The normalized spacial score (nSPS) is 9.92. The number of carbonyl (C=O) groups excluding carboxylic acids is 3. The lowest BCUT2D eigenvalue weighted by Gasteiger charge is -2.08. The van der Waals surface area contributed by atoms with Crippen molar-refractivity contribution in [1.82, 2.24) is 0 Å². The van der Waals surface area contributed by atoms with Crippen LogP contribution in [-0.4, -0.2) is 24.4 Å². The first-order chi connectivity index (χ1) is 11.4. The summed E-state index contributed by atoms with van der Waals surface area (Å²) in [6, 6.07) is 11.5. The molecule has 0 spiro atoms. The molecule has 0 bridgehead atoms. The van der Waals surface area contributed by atoms with Crippen molar-refractivity contribution in [3.8, 4) is 0 Å². The van der Waals surface area contributed by atoms with Crippen LogP contribution in [0, 0.1) is 5.82 Å². The van der Waals surface area contributed by atoms with Gasteiger partial charge in [-0.2, -0.15) is 0 Å². The maximum atomic E-state index is 13.0. The molecular weight excluding hydrogens is 315 g/mol. The molecule has 2 amide bonds. The minimum absolute atomic E-state index is 0.194. The van der Waals surface area contributed by atoms with E-state index in [1.54, 1.807) is 12.1 Å². The molecule has 0 atom stereocenters. The minimum atomic E-state index is -0.711. The summed E-state index contributed by atoms with van der Waals surface area (Å²) in [7, 11) is 0. The maximum absolute atomic E-state index is 13.0. The van der Waals surface area contributed by atoms with Crippen LogP contribution in [0.3, 0.4) is 0 Å². The highest BCUT2D eigenvalue weighted by Crippen LogP contribution is 2.12. The van der Waals surface area contributed by atoms with Crippen molar-refractivity contribution in [1.29, 1.82) is 0 Å². The Morgan fingerprint density at radius 3 is 2.33 bits per heavy atom. The van der Waals surface area contributed by atoms with Crippen LogP contribution in [0.15, 0.2) is 48.5 Å². The fraction of sp³-hybridized carbons (Fsp3) is 0.118. The molecule has 0 radical (unpaired) electrons. The van der Waals surface area contributed by atoms with E-state index in [1.165, 1.54) is 37.3 Å². The van der Waals surface area contributed by atoms with E-state index < -0.39 is 24.3 Å². The van der Waals surface area contributed by atoms with Crippen molar-refractivity contribution >= 4 is 29.2 Å². The average molecular weight is 330 g/mol. The van der Waals surface area contributed by atoms with Gasteiger partial charge in [-0.1, -0.05) is 12.1 Å². The monoisotopic (exact) mass is 330 g/mol. The van der Waals surface area contributed by atoms with Crippen LogP contribution in [0.5, 0.6) is 0 Å². The zero-order valence-corrected chi connectivity index (χ0v) is 12.8. The standard InChI is InChI=1S/C17H15FN2O4/c1-11(21)19-14-6-2-4-12(8-14)17(23)24-10-16(22)20-15-7-3-5-13(18)9-15/h2-9H,10H2,1H3,(H,19,21)(H,20,22). The van der Waals surface area contributed by atoms with Gasteiger partial charge in [-0.3, -0.25) is 9.59 Å². The molecule has 0 heterocycles. The molecule has 6 nitrogen and oxygen atoms in total. The molecule has 7 heteroatoms. The molecule has 0 unspecified atom stereocenters. The highest BCUT2D eigenvalue weighted by Gasteiger charge is 2.11. The van der Waals surface area contributed by atoms with Crippen molar-refractivity contribution in [3.63, 3.8) is 0 Å². The third-order valence-corrected chi connectivity index (χ3v) is 2.86. The van der Waals surface area contributed by atoms with Gasteiger partial charge in [0.05, 0.1) is 5.56 Å². The Balaban J connectivity index is 1.90. The Kier molecular flexibility index (Phi) is 5.62. The molecule has 2 aromatic carbocycles. The summed E-state index contributed by atoms with van der Waals surface area (Å²) in [6.45, 7) is 0.835. The predicted molar refractivity (Wildman–Crippen MR) is 86.1 cm³/mol. The number of hydrogen-bond donors (Lipinski definition) is 2. The summed E-state index contributed by atoms with van der Waals surface area (Å²) in [4.78, 5) is 34.6. The van der Waals surface area contributed by atoms with Gasteiger partial charge in [-0.05, 0) is 36.4 Å². The Morgan fingerprint density at radius 2 is 1.67 bits per heavy atom. The molecule has 2 rings (SSSR count). The molecular formula is C17H15FN2O4. The summed E-state index contributed by atoms with van der Waals surface area (Å²) < 4.78 is 17.9. The minimum Gasteiger partial charge on any atom is -0.452 e. The van der Waals surface area contributed by atoms with E-state index in [9.17, 15) is 18.8 Å². The van der Waals surface area contributed by atoms with Crippen molar-refractivity contribution in [2.75, 3.05) is 17.2 Å². The van der Waals surface area contributed by atoms with Crippen LogP contribution in [0.4, 0.5) is 15.8 Å². The largest absolute Gasteiger partial charge is 0.452 e. The van der Waals surface area contributed by atoms with E-state index in [0.717, 1.165) is 6.07 Å². The van der Waals surface area contributed by atoms with Gasteiger partial charge < -0.3 is 15.4 Å². The molecule has 0 saturated carbocycles. The summed E-state index contributed by atoms with van der Waals surface area (Å²) in [5.74, 6) is -2.06. The van der Waals surface area contributed by atoms with Crippen LogP contribution in [0.1, 0.15) is 17.3 Å². The lowest BCUT2D eigenvalue weighted by molar-refractivity contribution is -0.119. The number of nitrogens with one attached hydrogen (secondary N) is 2. The summed E-state index contributed by atoms with van der Waals surface area (Å²) >= 11 is 0. The Labute approximate surface area is 137 Å². The SMILES string of the molecule is CC(=O)Nc1cccc(C(=O)OCC(=O)Nc2cccc(F)c2)c1. The van der Waals surface area contributed by atoms with Gasteiger partial charge in [0.1, 0.15) is 5.82 Å². The number of ether oxygens (including phenoxy) is 1. The lowest BCUT2D eigenvalue weighted by Crippen LogP contribution is -2.21. The highest BCUT2D eigenvalue weighted by molar-refractivity contribution is 5.96. The van der Waals surface area contributed by atoms with Crippen molar-refractivity contribution in [3.05, 3.63) is 59.9 Å². The molecule has 0 fully saturated rings. The van der Waals surface area contributed by atoms with Crippen LogP contribution in [0.2, 0.25) is 0 Å². The number of anilines is 2. The number of halogens is 1.